The second kappa shape index (κ2) is 3.65. The van der Waals surface area contributed by atoms with Gasteiger partial charge in [-0.3, -0.25) is 14.8 Å². The van der Waals surface area contributed by atoms with E-state index in [9.17, 15) is 4.79 Å². The van der Waals surface area contributed by atoms with Gasteiger partial charge in [-0.05, 0) is 12.1 Å². The molecule has 4 heteroatoms. The number of fused-ring (bicyclic) bond motifs is 1. The van der Waals surface area contributed by atoms with Gasteiger partial charge in [0.15, 0.2) is 0 Å². The zero-order valence-electron chi connectivity index (χ0n) is 8.64. The van der Waals surface area contributed by atoms with Gasteiger partial charge in [0.1, 0.15) is 5.52 Å². The van der Waals surface area contributed by atoms with Crippen molar-refractivity contribution in [3.05, 3.63) is 36.2 Å². The van der Waals surface area contributed by atoms with Crippen molar-refractivity contribution in [2.24, 2.45) is 0 Å². The van der Waals surface area contributed by atoms with Gasteiger partial charge in [0, 0.05) is 26.5 Å². The van der Waals surface area contributed by atoms with E-state index < -0.39 is 0 Å². The quantitative estimate of drug-likeness (QED) is 0.699. The van der Waals surface area contributed by atoms with Crippen LogP contribution < -0.4 is 0 Å². The van der Waals surface area contributed by atoms with Crippen molar-refractivity contribution in [1.82, 2.24) is 14.9 Å². The van der Waals surface area contributed by atoms with Gasteiger partial charge in [0.25, 0.3) is 5.91 Å². The maximum atomic E-state index is 11.8. The van der Waals surface area contributed by atoms with E-state index in [0.717, 1.165) is 5.52 Å². The molecule has 76 valence electrons. The van der Waals surface area contributed by atoms with Gasteiger partial charge >= 0.3 is 0 Å². The van der Waals surface area contributed by atoms with Crippen molar-refractivity contribution in [1.29, 1.82) is 0 Å². The maximum absolute atomic E-state index is 11.8. The minimum atomic E-state index is -0.0545. The van der Waals surface area contributed by atoms with Crippen LogP contribution in [0.25, 0.3) is 11.0 Å². The second-order valence-corrected chi connectivity index (χ2v) is 3.43. The number of carbonyl (C=O) groups excluding carboxylic acids is 1. The van der Waals surface area contributed by atoms with Crippen LogP contribution in [0.15, 0.2) is 30.6 Å². The smallest absolute Gasteiger partial charge is 0.255 e. The fraction of sp³-hybridized carbons (Fsp3) is 0.182. The van der Waals surface area contributed by atoms with Crippen LogP contribution in [0.3, 0.4) is 0 Å². The van der Waals surface area contributed by atoms with Crippen LogP contribution in [0.5, 0.6) is 0 Å². The predicted octanol–water partition coefficient (Wildman–Crippen LogP) is 1.33. The fourth-order valence-corrected chi connectivity index (χ4v) is 1.41. The molecule has 0 unspecified atom stereocenters. The number of hydrogen-bond acceptors (Lipinski definition) is 3. The number of aromatic nitrogens is 2. The monoisotopic (exact) mass is 201 g/mol. The number of nitrogens with zero attached hydrogens (tertiary/aromatic N) is 3. The van der Waals surface area contributed by atoms with Gasteiger partial charge in [-0.1, -0.05) is 6.07 Å². The van der Waals surface area contributed by atoms with Crippen LogP contribution in [-0.2, 0) is 0 Å². The lowest BCUT2D eigenvalue weighted by atomic mass is 10.1. The fourth-order valence-electron chi connectivity index (χ4n) is 1.41. The zero-order valence-corrected chi connectivity index (χ0v) is 8.64. The summed E-state index contributed by atoms with van der Waals surface area (Å²) in [5.74, 6) is -0.0545. The maximum Gasteiger partial charge on any atom is 0.255 e. The van der Waals surface area contributed by atoms with Crippen molar-refractivity contribution in [2.75, 3.05) is 14.1 Å². The molecule has 0 saturated carbocycles. The molecule has 2 rings (SSSR count). The summed E-state index contributed by atoms with van der Waals surface area (Å²) in [5, 5.41) is 0. The highest BCUT2D eigenvalue weighted by Crippen LogP contribution is 2.14. The zero-order chi connectivity index (χ0) is 10.8. The summed E-state index contributed by atoms with van der Waals surface area (Å²) in [6.45, 7) is 0. The third kappa shape index (κ3) is 1.66. The number of rotatable bonds is 1. The van der Waals surface area contributed by atoms with Gasteiger partial charge in [-0.25, -0.2) is 0 Å². The summed E-state index contributed by atoms with van der Waals surface area (Å²) in [6.07, 6.45) is 3.21. The van der Waals surface area contributed by atoms with E-state index in [0.29, 0.717) is 11.1 Å². The van der Waals surface area contributed by atoms with Crippen molar-refractivity contribution in [3.8, 4) is 0 Å². The molecular formula is C11H11N3O. The minimum absolute atomic E-state index is 0.0545. The van der Waals surface area contributed by atoms with Crippen LogP contribution in [0, 0.1) is 0 Å². The van der Waals surface area contributed by atoms with Crippen molar-refractivity contribution in [3.63, 3.8) is 0 Å². The number of hydrogen-bond donors (Lipinski definition) is 0. The number of benzene rings is 1. The molecule has 1 aromatic carbocycles. The Kier molecular flexibility index (Phi) is 2.33. The minimum Gasteiger partial charge on any atom is -0.345 e. The number of carbonyl (C=O) groups is 1. The standard InChI is InChI=1S/C11H11N3O/c1-14(2)11(15)8-4-3-5-9-10(8)13-7-6-12-9/h3-7H,1-2H3. The Bertz CT molecular complexity index is 503. The molecule has 0 spiro atoms. The highest BCUT2D eigenvalue weighted by molar-refractivity contribution is 6.04. The lowest BCUT2D eigenvalue weighted by Crippen LogP contribution is -2.22. The van der Waals surface area contributed by atoms with E-state index in [1.54, 1.807) is 32.6 Å². The first-order valence-corrected chi connectivity index (χ1v) is 4.61. The molecule has 0 bridgehead atoms. The van der Waals surface area contributed by atoms with Crippen LogP contribution in [0.4, 0.5) is 0 Å². The SMILES string of the molecule is CN(C)C(=O)c1cccc2nccnc12. The summed E-state index contributed by atoms with van der Waals surface area (Å²) in [7, 11) is 3.44. The molecule has 1 aromatic heterocycles. The summed E-state index contributed by atoms with van der Waals surface area (Å²) in [4.78, 5) is 21.7. The lowest BCUT2D eigenvalue weighted by molar-refractivity contribution is 0.0829. The Balaban J connectivity index is 2.66. The van der Waals surface area contributed by atoms with Crippen molar-refractivity contribution < 1.29 is 4.79 Å². The number of amides is 1. The normalized spacial score (nSPS) is 10.3. The molecule has 4 nitrogen and oxygen atoms in total. The van der Waals surface area contributed by atoms with Crippen LogP contribution >= 0.6 is 0 Å². The van der Waals surface area contributed by atoms with Gasteiger partial charge in [-0.15, -0.1) is 0 Å². The predicted molar refractivity (Wildman–Crippen MR) is 57.6 cm³/mol. The summed E-state index contributed by atoms with van der Waals surface area (Å²) in [5.41, 5.74) is 1.98. The first-order valence-electron chi connectivity index (χ1n) is 4.61. The molecule has 0 aliphatic rings. The van der Waals surface area contributed by atoms with E-state index in [1.165, 1.54) is 4.90 Å². The highest BCUT2D eigenvalue weighted by atomic mass is 16.2. The Morgan fingerprint density at radius 1 is 1.20 bits per heavy atom. The highest BCUT2D eigenvalue weighted by Gasteiger charge is 2.12. The van der Waals surface area contributed by atoms with E-state index in [4.69, 9.17) is 0 Å². The van der Waals surface area contributed by atoms with Gasteiger partial charge in [0.2, 0.25) is 0 Å². The van der Waals surface area contributed by atoms with E-state index in [-0.39, 0.29) is 5.91 Å². The molecule has 15 heavy (non-hydrogen) atoms. The Morgan fingerprint density at radius 3 is 2.67 bits per heavy atom. The molecule has 2 aromatic rings. The molecule has 0 aliphatic heterocycles. The van der Waals surface area contributed by atoms with Gasteiger partial charge in [0.05, 0.1) is 11.1 Å². The molecule has 0 aliphatic carbocycles. The molecule has 0 atom stereocenters. The summed E-state index contributed by atoms with van der Waals surface area (Å²) >= 11 is 0. The van der Waals surface area contributed by atoms with Crippen LogP contribution in [0.1, 0.15) is 10.4 Å². The van der Waals surface area contributed by atoms with E-state index >= 15 is 0 Å². The molecule has 1 heterocycles. The van der Waals surface area contributed by atoms with Crippen molar-refractivity contribution in [2.45, 2.75) is 0 Å². The largest absolute Gasteiger partial charge is 0.345 e. The van der Waals surface area contributed by atoms with E-state index in [2.05, 4.69) is 9.97 Å². The Morgan fingerprint density at radius 2 is 1.93 bits per heavy atom. The second-order valence-electron chi connectivity index (χ2n) is 3.43. The molecule has 0 fully saturated rings. The lowest BCUT2D eigenvalue weighted by Gasteiger charge is -2.11. The third-order valence-electron chi connectivity index (χ3n) is 2.14. The Hall–Kier alpha value is -1.97. The van der Waals surface area contributed by atoms with Crippen LogP contribution in [-0.4, -0.2) is 34.9 Å². The molecule has 0 radical (unpaired) electrons. The van der Waals surface area contributed by atoms with Gasteiger partial charge < -0.3 is 4.90 Å². The topological polar surface area (TPSA) is 46.1 Å². The summed E-state index contributed by atoms with van der Waals surface area (Å²) in [6, 6.07) is 5.42. The molecule has 1 amide bonds. The Labute approximate surface area is 87.6 Å². The van der Waals surface area contributed by atoms with Crippen LogP contribution in [0.2, 0.25) is 0 Å². The molecule has 0 N–H and O–H groups in total. The average Bonchev–Trinajstić information content (AvgIpc) is 2.27. The first kappa shape index (κ1) is 9.58. The van der Waals surface area contributed by atoms with Crippen molar-refractivity contribution >= 4 is 16.9 Å². The molecular weight excluding hydrogens is 190 g/mol. The summed E-state index contributed by atoms with van der Waals surface area (Å²) < 4.78 is 0. The third-order valence-corrected chi connectivity index (χ3v) is 2.14. The van der Waals surface area contributed by atoms with Gasteiger partial charge in [-0.2, -0.15) is 0 Å². The number of para-hydroxylation sites is 1. The average molecular weight is 201 g/mol. The molecule has 0 saturated heterocycles. The van der Waals surface area contributed by atoms with E-state index in [1.807, 2.05) is 12.1 Å². The first-order chi connectivity index (χ1) is 7.20.